The molecule has 0 heterocycles. The summed E-state index contributed by atoms with van der Waals surface area (Å²) in [5.41, 5.74) is 6.71. The second-order valence-electron chi connectivity index (χ2n) is 4.50. The molecule has 1 atom stereocenters. The van der Waals surface area contributed by atoms with Gasteiger partial charge in [-0.2, -0.15) is 0 Å². The van der Waals surface area contributed by atoms with Gasteiger partial charge >= 0.3 is 0 Å². The molecule has 0 aliphatic rings. The molecule has 0 saturated carbocycles. The molecule has 0 radical (unpaired) electrons. The van der Waals surface area contributed by atoms with Gasteiger partial charge in [-0.05, 0) is 18.4 Å². The summed E-state index contributed by atoms with van der Waals surface area (Å²) in [5.74, 6) is -0.139. The normalized spacial score (nSPS) is 11.5. The minimum atomic E-state index is -0.595. The Hall–Kier alpha value is -1.10. The number of amides is 1. The van der Waals surface area contributed by atoms with Crippen LogP contribution in [0, 0.1) is 0 Å². The maximum atomic E-state index is 11.8. The molecule has 114 valence electrons. The molecule has 3 N–H and O–H groups in total. The number of rotatable bonds is 9. The molecular weight excluding hydrogens is 276 g/mol. The van der Waals surface area contributed by atoms with Gasteiger partial charge in [-0.25, -0.2) is 0 Å². The van der Waals surface area contributed by atoms with Crippen molar-refractivity contribution in [2.24, 2.45) is 5.73 Å². The van der Waals surface area contributed by atoms with Crippen LogP contribution in [0.1, 0.15) is 37.8 Å². The number of hydrogen-bond acceptors (Lipinski definition) is 3. The predicted molar refractivity (Wildman–Crippen MR) is 84.0 cm³/mol. The molecule has 0 fully saturated rings. The van der Waals surface area contributed by atoms with Crippen LogP contribution in [0.15, 0.2) is 30.3 Å². The number of carbonyl (C=O) groups is 1. The third kappa shape index (κ3) is 7.48. The molecule has 1 unspecified atom stereocenters. The van der Waals surface area contributed by atoms with Gasteiger partial charge in [-0.1, -0.05) is 43.7 Å². The Morgan fingerprint density at radius 2 is 1.90 bits per heavy atom. The van der Waals surface area contributed by atoms with E-state index in [1.807, 2.05) is 30.3 Å². The molecule has 1 amide bonds. The van der Waals surface area contributed by atoms with Crippen molar-refractivity contribution in [1.29, 1.82) is 0 Å². The van der Waals surface area contributed by atoms with Gasteiger partial charge in [0.15, 0.2) is 0 Å². The van der Waals surface area contributed by atoms with Crippen LogP contribution in [0.2, 0.25) is 0 Å². The standard InChI is InChI=1S/C15H24N2O2.ClH/c1-2-3-11-19-12-7-10-17-15(18)14(16)13-8-5-4-6-9-13;/h4-6,8-9,14H,2-3,7,10-12,16H2,1H3,(H,17,18);1H. The fourth-order valence-corrected chi connectivity index (χ4v) is 1.66. The zero-order chi connectivity index (χ0) is 13.9. The van der Waals surface area contributed by atoms with Crippen molar-refractivity contribution >= 4 is 18.3 Å². The zero-order valence-electron chi connectivity index (χ0n) is 12.0. The summed E-state index contributed by atoms with van der Waals surface area (Å²) >= 11 is 0. The quantitative estimate of drug-likeness (QED) is 0.689. The van der Waals surface area contributed by atoms with Crippen molar-refractivity contribution in [3.63, 3.8) is 0 Å². The molecule has 1 aromatic carbocycles. The van der Waals surface area contributed by atoms with Crippen LogP contribution in [0.25, 0.3) is 0 Å². The van der Waals surface area contributed by atoms with Crippen LogP contribution in [-0.2, 0) is 9.53 Å². The Morgan fingerprint density at radius 3 is 2.55 bits per heavy atom. The largest absolute Gasteiger partial charge is 0.381 e. The molecule has 20 heavy (non-hydrogen) atoms. The lowest BCUT2D eigenvalue weighted by Gasteiger charge is -2.12. The summed E-state index contributed by atoms with van der Waals surface area (Å²) in [6, 6.07) is 8.79. The van der Waals surface area contributed by atoms with Gasteiger partial charge in [0.2, 0.25) is 5.91 Å². The highest BCUT2D eigenvalue weighted by atomic mass is 35.5. The topological polar surface area (TPSA) is 64.3 Å². The van der Waals surface area contributed by atoms with Crippen molar-refractivity contribution in [3.8, 4) is 0 Å². The summed E-state index contributed by atoms with van der Waals surface area (Å²) in [6.45, 7) is 4.22. The molecule has 0 aliphatic carbocycles. The molecular formula is C15H25ClN2O2. The smallest absolute Gasteiger partial charge is 0.241 e. The monoisotopic (exact) mass is 300 g/mol. The maximum Gasteiger partial charge on any atom is 0.241 e. The first-order valence-electron chi connectivity index (χ1n) is 6.91. The molecule has 0 spiro atoms. The molecule has 1 aromatic rings. The lowest BCUT2D eigenvalue weighted by Crippen LogP contribution is -2.34. The number of carbonyl (C=O) groups excluding carboxylic acids is 1. The Labute approximate surface area is 127 Å². The molecule has 0 aliphatic heterocycles. The van der Waals surface area contributed by atoms with Gasteiger partial charge in [-0.3, -0.25) is 4.79 Å². The number of nitrogens with two attached hydrogens (primary N) is 1. The molecule has 0 aromatic heterocycles. The van der Waals surface area contributed by atoms with Gasteiger partial charge in [0.1, 0.15) is 6.04 Å². The van der Waals surface area contributed by atoms with E-state index in [-0.39, 0.29) is 18.3 Å². The van der Waals surface area contributed by atoms with Crippen LogP contribution < -0.4 is 11.1 Å². The summed E-state index contributed by atoms with van der Waals surface area (Å²) in [7, 11) is 0. The minimum Gasteiger partial charge on any atom is -0.381 e. The van der Waals surface area contributed by atoms with E-state index in [4.69, 9.17) is 10.5 Å². The lowest BCUT2D eigenvalue weighted by molar-refractivity contribution is -0.122. The Kier molecular flexibility index (Phi) is 11.1. The molecule has 0 bridgehead atoms. The van der Waals surface area contributed by atoms with Crippen molar-refractivity contribution in [2.75, 3.05) is 19.8 Å². The van der Waals surface area contributed by atoms with E-state index in [9.17, 15) is 4.79 Å². The Balaban J connectivity index is 0.00000361. The van der Waals surface area contributed by atoms with Crippen LogP contribution in [0.4, 0.5) is 0 Å². The van der Waals surface area contributed by atoms with Gasteiger partial charge in [0.05, 0.1) is 0 Å². The van der Waals surface area contributed by atoms with E-state index in [0.29, 0.717) is 13.2 Å². The predicted octanol–water partition coefficient (Wildman–Crippen LogP) is 2.43. The van der Waals surface area contributed by atoms with Crippen molar-refractivity contribution in [1.82, 2.24) is 5.32 Å². The third-order valence-corrected chi connectivity index (χ3v) is 2.85. The second kappa shape index (κ2) is 11.7. The van der Waals surface area contributed by atoms with Crippen molar-refractivity contribution in [3.05, 3.63) is 35.9 Å². The first-order chi connectivity index (χ1) is 9.25. The van der Waals surface area contributed by atoms with Crippen LogP contribution in [0.5, 0.6) is 0 Å². The summed E-state index contributed by atoms with van der Waals surface area (Å²) in [6.07, 6.45) is 3.05. The first-order valence-corrected chi connectivity index (χ1v) is 6.91. The molecule has 1 rings (SSSR count). The summed E-state index contributed by atoms with van der Waals surface area (Å²) in [5, 5.41) is 2.83. The number of nitrogens with one attached hydrogen (secondary N) is 1. The number of ether oxygens (including phenoxy) is 1. The fourth-order valence-electron chi connectivity index (χ4n) is 1.66. The number of benzene rings is 1. The lowest BCUT2D eigenvalue weighted by atomic mass is 10.1. The van der Waals surface area contributed by atoms with E-state index in [1.165, 1.54) is 0 Å². The Morgan fingerprint density at radius 1 is 1.25 bits per heavy atom. The second-order valence-corrected chi connectivity index (χ2v) is 4.50. The van der Waals surface area contributed by atoms with Crippen LogP contribution >= 0.6 is 12.4 Å². The fraction of sp³-hybridized carbons (Fsp3) is 0.533. The molecule has 4 nitrogen and oxygen atoms in total. The summed E-state index contributed by atoms with van der Waals surface area (Å²) < 4.78 is 5.42. The van der Waals surface area contributed by atoms with Gasteiger partial charge < -0.3 is 15.8 Å². The zero-order valence-corrected chi connectivity index (χ0v) is 12.8. The highest BCUT2D eigenvalue weighted by Crippen LogP contribution is 2.08. The van der Waals surface area contributed by atoms with E-state index in [2.05, 4.69) is 12.2 Å². The third-order valence-electron chi connectivity index (χ3n) is 2.85. The van der Waals surface area contributed by atoms with E-state index < -0.39 is 6.04 Å². The minimum absolute atomic E-state index is 0. The van der Waals surface area contributed by atoms with Crippen molar-refractivity contribution < 1.29 is 9.53 Å². The Bertz CT molecular complexity index is 360. The summed E-state index contributed by atoms with van der Waals surface area (Å²) in [4.78, 5) is 11.8. The average molecular weight is 301 g/mol. The van der Waals surface area contributed by atoms with Crippen LogP contribution in [-0.4, -0.2) is 25.7 Å². The van der Waals surface area contributed by atoms with Gasteiger partial charge in [0.25, 0.3) is 0 Å². The number of halogens is 1. The SMILES string of the molecule is CCCCOCCCNC(=O)C(N)c1ccccc1.Cl. The van der Waals surface area contributed by atoms with E-state index in [0.717, 1.165) is 31.4 Å². The van der Waals surface area contributed by atoms with Gasteiger partial charge in [0, 0.05) is 19.8 Å². The van der Waals surface area contributed by atoms with Crippen LogP contribution in [0.3, 0.4) is 0 Å². The highest BCUT2D eigenvalue weighted by Gasteiger charge is 2.14. The average Bonchev–Trinajstić information content (AvgIpc) is 2.46. The highest BCUT2D eigenvalue weighted by molar-refractivity contribution is 5.85. The van der Waals surface area contributed by atoms with E-state index in [1.54, 1.807) is 0 Å². The maximum absolute atomic E-state index is 11.8. The molecule has 0 saturated heterocycles. The number of hydrogen-bond donors (Lipinski definition) is 2. The number of unbranched alkanes of at least 4 members (excludes halogenated alkanes) is 1. The van der Waals surface area contributed by atoms with Gasteiger partial charge in [-0.15, -0.1) is 12.4 Å². The van der Waals surface area contributed by atoms with Crippen molar-refractivity contribution in [2.45, 2.75) is 32.2 Å². The molecule has 5 heteroatoms. The first kappa shape index (κ1) is 18.9. The van der Waals surface area contributed by atoms with E-state index >= 15 is 0 Å².